The van der Waals surface area contributed by atoms with Crippen LogP contribution in [0.1, 0.15) is 0 Å². The number of aromatic nitrogens is 3. The van der Waals surface area contributed by atoms with Crippen molar-refractivity contribution >= 4 is 33.9 Å². The standard InChI is InChI=1S/C16H13N5S/c17-14-7-9(1-3-19-14)11-5-12(10-2-4-22-8-10)15-13(6-11)16(18)21-20-15/h1-8H,(H2,17,19)(H3,18,20,21). The molecule has 5 N–H and O–H groups in total. The first-order chi connectivity index (χ1) is 10.7. The van der Waals surface area contributed by atoms with Gasteiger partial charge in [-0.05, 0) is 57.8 Å². The second-order valence-electron chi connectivity index (χ2n) is 5.04. The number of nitrogens with two attached hydrogens (primary N) is 2. The monoisotopic (exact) mass is 307 g/mol. The number of thiophene rings is 1. The molecule has 3 aromatic heterocycles. The largest absolute Gasteiger partial charge is 0.384 e. The maximum atomic E-state index is 6.00. The van der Waals surface area contributed by atoms with Crippen LogP contribution >= 0.6 is 11.3 Å². The normalized spacial score (nSPS) is 11.1. The van der Waals surface area contributed by atoms with Crippen LogP contribution in [-0.2, 0) is 0 Å². The third-order valence-corrected chi connectivity index (χ3v) is 4.33. The van der Waals surface area contributed by atoms with Gasteiger partial charge in [0.25, 0.3) is 0 Å². The molecule has 0 aliphatic rings. The van der Waals surface area contributed by atoms with Crippen molar-refractivity contribution in [3.8, 4) is 22.3 Å². The fourth-order valence-corrected chi connectivity index (χ4v) is 3.24. The molecule has 0 atom stereocenters. The van der Waals surface area contributed by atoms with Crippen molar-refractivity contribution < 1.29 is 0 Å². The van der Waals surface area contributed by atoms with Crippen molar-refractivity contribution in [2.45, 2.75) is 0 Å². The summed E-state index contributed by atoms with van der Waals surface area (Å²) < 4.78 is 0. The van der Waals surface area contributed by atoms with Crippen LogP contribution < -0.4 is 11.5 Å². The highest BCUT2D eigenvalue weighted by Gasteiger charge is 2.12. The van der Waals surface area contributed by atoms with E-state index in [-0.39, 0.29) is 0 Å². The topological polar surface area (TPSA) is 93.6 Å². The SMILES string of the molecule is Nc1cc(-c2cc(-c3ccsc3)c3[nH]nc(N)c3c2)ccn1. The zero-order chi connectivity index (χ0) is 15.1. The van der Waals surface area contributed by atoms with Gasteiger partial charge in [-0.25, -0.2) is 4.98 Å². The van der Waals surface area contributed by atoms with E-state index in [9.17, 15) is 0 Å². The van der Waals surface area contributed by atoms with Gasteiger partial charge in [-0.1, -0.05) is 0 Å². The summed E-state index contributed by atoms with van der Waals surface area (Å²) in [4.78, 5) is 4.04. The lowest BCUT2D eigenvalue weighted by Crippen LogP contribution is -1.90. The number of hydrogen-bond acceptors (Lipinski definition) is 5. The fraction of sp³-hybridized carbons (Fsp3) is 0. The minimum absolute atomic E-state index is 0.495. The Balaban J connectivity index is 2.03. The molecule has 4 rings (SSSR count). The zero-order valence-electron chi connectivity index (χ0n) is 11.6. The summed E-state index contributed by atoms with van der Waals surface area (Å²) in [5.41, 5.74) is 17.0. The van der Waals surface area contributed by atoms with Crippen LogP contribution in [-0.4, -0.2) is 15.2 Å². The molecule has 5 nitrogen and oxygen atoms in total. The Labute approximate surface area is 130 Å². The predicted molar refractivity (Wildman–Crippen MR) is 91.5 cm³/mol. The average molecular weight is 307 g/mol. The predicted octanol–water partition coefficient (Wildman–Crippen LogP) is 3.52. The van der Waals surface area contributed by atoms with E-state index in [0.29, 0.717) is 11.6 Å². The van der Waals surface area contributed by atoms with Gasteiger partial charge >= 0.3 is 0 Å². The van der Waals surface area contributed by atoms with E-state index in [0.717, 1.165) is 33.2 Å². The van der Waals surface area contributed by atoms with Gasteiger partial charge in [0.2, 0.25) is 0 Å². The minimum Gasteiger partial charge on any atom is -0.384 e. The van der Waals surface area contributed by atoms with Crippen molar-refractivity contribution in [2.75, 3.05) is 11.5 Å². The maximum absolute atomic E-state index is 6.00. The number of hydrogen-bond donors (Lipinski definition) is 3. The van der Waals surface area contributed by atoms with Crippen LogP contribution in [0.25, 0.3) is 33.2 Å². The number of benzene rings is 1. The Morgan fingerprint density at radius 2 is 1.91 bits per heavy atom. The Kier molecular flexibility index (Phi) is 2.83. The minimum atomic E-state index is 0.495. The van der Waals surface area contributed by atoms with Gasteiger partial charge in [-0.2, -0.15) is 16.4 Å². The fourth-order valence-electron chi connectivity index (χ4n) is 2.58. The van der Waals surface area contributed by atoms with E-state index < -0.39 is 0 Å². The van der Waals surface area contributed by atoms with Crippen LogP contribution in [0.3, 0.4) is 0 Å². The lowest BCUT2D eigenvalue weighted by molar-refractivity contribution is 1.13. The molecule has 22 heavy (non-hydrogen) atoms. The molecule has 0 fully saturated rings. The first-order valence-corrected chi connectivity index (χ1v) is 7.69. The molecule has 0 saturated carbocycles. The molecule has 108 valence electrons. The highest BCUT2D eigenvalue weighted by atomic mass is 32.1. The molecule has 0 unspecified atom stereocenters. The maximum Gasteiger partial charge on any atom is 0.153 e. The number of rotatable bonds is 2. The molecule has 0 aliphatic heterocycles. The second kappa shape index (κ2) is 4.85. The van der Waals surface area contributed by atoms with Gasteiger partial charge in [0, 0.05) is 17.1 Å². The summed E-state index contributed by atoms with van der Waals surface area (Å²) >= 11 is 1.66. The van der Waals surface area contributed by atoms with Crippen LogP contribution in [0.4, 0.5) is 11.6 Å². The van der Waals surface area contributed by atoms with Gasteiger partial charge in [-0.15, -0.1) is 0 Å². The van der Waals surface area contributed by atoms with E-state index in [2.05, 4.69) is 38.1 Å². The first-order valence-electron chi connectivity index (χ1n) is 6.74. The Bertz CT molecular complexity index is 956. The van der Waals surface area contributed by atoms with Crippen LogP contribution in [0, 0.1) is 0 Å². The molecule has 4 aromatic rings. The van der Waals surface area contributed by atoms with Gasteiger partial charge in [-0.3, -0.25) is 5.10 Å². The lowest BCUT2D eigenvalue weighted by Gasteiger charge is -2.07. The molecule has 0 bridgehead atoms. The summed E-state index contributed by atoms with van der Waals surface area (Å²) in [6.45, 7) is 0. The molecule has 0 spiro atoms. The molecule has 6 heteroatoms. The van der Waals surface area contributed by atoms with Crippen LogP contribution in [0.15, 0.2) is 47.3 Å². The molecule has 0 aliphatic carbocycles. The molecule has 0 radical (unpaired) electrons. The number of fused-ring (bicyclic) bond motifs is 1. The van der Waals surface area contributed by atoms with Gasteiger partial charge in [0.15, 0.2) is 5.82 Å². The number of nitrogens with one attached hydrogen (secondary N) is 1. The van der Waals surface area contributed by atoms with E-state index >= 15 is 0 Å². The summed E-state index contributed by atoms with van der Waals surface area (Å²) in [6, 6.07) is 10.0. The zero-order valence-corrected chi connectivity index (χ0v) is 12.4. The first kappa shape index (κ1) is 12.8. The van der Waals surface area contributed by atoms with E-state index in [1.807, 2.05) is 18.2 Å². The summed E-state index contributed by atoms with van der Waals surface area (Å²) in [5.74, 6) is 0.991. The molecule has 0 saturated heterocycles. The molecular weight excluding hydrogens is 294 g/mol. The number of H-pyrrole nitrogens is 1. The number of aromatic amines is 1. The quantitative estimate of drug-likeness (QED) is 0.528. The second-order valence-corrected chi connectivity index (χ2v) is 5.82. The lowest BCUT2D eigenvalue weighted by atomic mass is 9.98. The van der Waals surface area contributed by atoms with E-state index in [1.165, 1.54) is 0 Å². The summed E-state index contributed by atoms with van der Waals surface area (Å²) in [5, 5.41) is 12.2. The number of anilines is 2. The van der Waals surface area contributed by atoms with E-state index in [4.69, 9.17) is 11.5 Å². The van der Waals surface area contributed by atoms with Crippen molar-refractivity contribution in [3.05, 3.63) is 47.3 Å². The molecule has 3 heterocycles. The third-order valence-electron chi connectivity index (χ3n) is 3.65. The highest BCUT2D eigenvalue weighted by molar-refractivity contribution is 7.08. The van der Waals surface area contributed by atoms with Crippen molar-refractivity contribution in [1.82, 2.24) is 15.2 Å². The Hall–Kier alpha value is -2.86. The number of pyridine rings is 1. The van der Waals surface area contributed by atoms with E-state index in [1.54, 1.807) is 17.5 Å². The smallest absolute Gasteiger partial charge is 0.153 e. The average Bonchev–Trinajstić information content (AvgIpc) is 3.17. The molecule has 1 aromatic carbocycles. The third kappa shape index (κ3) is 2.01. The number of nitrogen functional groups attached to an aromatic ring is 2. The Morgan fingerprint density at radius 1 is 1.00 bits per heavy atom. The van der Waals surface area contributed by atoms with Crippen LogP contribution in [0.5, 0.6) is 0 Å². The van der Waals surface area contributed by atoms with Crippen LogP contribution in [0.2, 0.25) is 0 Å². The van der Waals surface area contributed by atoms with Gasteiger partial charge < -0.3 is 11.5 Å². The summed E-state index contributed by atoms with van der Waals surface area (Å²) in [7, 11) is 0. The Morgan fingerprint density at radius 3 is 2.68 bits per heavy atom. The molecular formula is C16H13N5S. The van der Waals surface area contributed by atoms with Crippen molar-refractivity contribution in [2.24, 2.45) is 0 Å². The summed E-state index contributed by atoms with van der Waals surface area (Å²) in [6.07, 6.45) is 1.71. The molecule has 0 amide bonds. The highest BCUT2D eigenvalue weighted by Crippen LogP contribution is 2.36. The van der Waals surface area contributed by atoms with Gasteiger partial charge in [0.05, 0.1) is 5.52 Å². The van der Waals surface area contributed by atoms with Crippen molar-refractivity contribution in [1.29, 1.82) is 0 Å². The van der Waals surface area contributed by atoms with Gasteiger partial charge in [0.1, 0.15) is 5.82 Å². The number of nitrogens with zero attached hydrogens (tertiary/aromatic N) is 2. The van der Waals surface area contributed by atoms with Crippen molar-refractivity contribution in [3.63, 3.8) is 0 Å².